The van der Waals surface area contributed by atoms with Crippen LogP contribution in [0.3, 0.4) is 0 Å². The third-order valence-electron chi connectivity index (χ3n) is 5.47. The molecule has 0 N–H and O–H groups in total. The van der Waals surface area contributed by atoms with Crippen molar-refractivity contribution < 1.29 is 28.0 Å². The van der Waals surface area contributed by atoms with Crippen LogP contribution in [-0.4, -0.2) is 45.9 Å². The van der Waals surface area contributed by atoms with Gasteiger partial charge in [0, 0.05) is 17.5 Å². The first-order valence-corrected chi connectivity index (χ1v) is 12.4. The average molecular weight is 502 g/mol. The summed E-state index contributed by atoms with van der Waals surface area (Å²) >= 11 is 1.25. The number of carbonyl (C=O) groups excluding carboxylic acids is 2. The van der Waals surface area contributed by atoms with Crippen molar-refractivity contribution in [2.24, 2.45) is 0 Å². The Balaban J connectivity index is 1.80. The second-order valence-corrected chi connectivity index (χ2v) is 10.1. The van der Waals surface area contributed by atoms with E-state index in [1.54, 1.807) is 29.3 Å². The fourth-order valence-electron chi connectivity index (χ4n) is 3.97. The number of hydrogen-bond acceptors (Lipinski definition) is 8. The number of amides is 1. The summed E-state index contributed by atoms with van der Waals surface area (Å²) in [5, 5.41) is 6.42. The molecule has 1 fully saturated rings. The van der Waals surface area contributed by atoms with E-state index in [0.29, 0.717) is 40.6 Å². The molecule has 0 radical (unpaired) electrons. The molecule has 0 spiro atoms. The van der Waals surface area contributed by atoms with Crippen molar-refractivity contribution in [3.63, 3.8) is 0 Å². The maximum absolute atomic E-state index is 13.6. The van der Waals surface area contributed by atoms with Gasteiger partial charge in [-0.3, -0.25) is 4.90 Å². The van der Waals surface area contributed by atoms with Gasteiger partial charge in [-0.2, -0.15) is 0 Å². The molecule has 35 heavy (non-hydrogen) atoms. The second kappa shape index (κ2) is 10.2. The van der Waals surface area contributed by atoms with Gasteiger partial charge in [-0.05, 0) is 71.2 Å². The van der Waals surface area contributed by atoms with Crippen LogP contribution >= 0.6 is 11.3 Å². The van der Waals surface area contributed by atoms with Crippen LogP contribution in [0.4, 0.5) is 9.18 Å². The molecule has 0 aliphatic carbocycles. The summed E-state index contributed by atoms with van der Waals surface area (Å²) in [7, 11) is 0. The summed E-state index contributed by atoms with van der Waals surface area (Å²) < 4.78 is 30.2. The van der Waals surface area contributed by atoms with Crippen LogP contribution in [0, 0.1) is 5.82 Å². The quantitative estimate of drug-likeness (QED) is 0.382. The number of esters is 1. The smallest absolute Gasteiger partial charge is 0.410 e. The Kier molecular flexibility index (Phi) is 7.20. The molecule has 3 aromatic rings. The molecule has 1 aromatic carbocycles. The van der Waals surface area contributed by atoms with Crippen LogP contribution in [0.25, 0.3) is 21.8 Å². The number of likely N-dealkylation sites (tertiary alicyclic amines) is 1. The van der Waals surface area contributed by atoms with E-state index in [0.717, 1.165) is 12.8 Å². The molecule has 0 saturated carbocycles. The predicted octanol–water partition coefficient (Wildman–Crippen LogP) is 6.24. The van der Waals surface area contributed by atoms with Crippen LogP contribution in [0.5, 0.6) is 0 Å². The minimum atomic E-state index is -0.646. The lowest BCUT2D eigenvalue weighted by Gasteiger charge is -2.35. The van der Waals surface area contributed by atoms with E-state index in [9.17, 15) is 14.0 Å². The topological polar surface area (TPSA) is 94.8 Å². The van der Waals surface area contributed by atoms with Crippen molar-refractivity contribution in [2.75, 3.05) is 13.2 Å². The van der Waals surface area contributed by atoms with Crippen molar-refractivity contribution in [1.29, 1.82) is 0 Å². The highest BCUT2D eigenvalue weighted by atomic mass is 32.1. The molecule has 1 unspecified atom stereocenters. The third kappa shape index (κ3) is 5.53. The zero-order valence-corrected chi connectivity index (χ0v) is 21.0. The first-order chi connectivity index (χ1) is 16.7. The van der Waals surface area contributed by atoms with E-state index in [1.807, 2.05) is 20.8 Å². The van der Waals surface area contributed by atoms with Crippen LogP contribution in [0.1, 0.15) is 69.2 Å². The lowest BCUT2D eigenvalue weighted by Crippen LogP contribution is -2.41. The normalized spacial score (nSPS) is 16.3. The van der Waals surface area contributed by atoms with Gasteiger partial charge in [0.05, 0.1) is 18.2 Å². The minimum absolute atomic E-state index is 0.177. The van der Waals surface area contributed by atoms with Gasteiger partial charge in [0.1, 0.15) is 22.1 Å². The van der Waals surface area contributed by atoms with E-state index in [2.05, 4.69) is 10.1 Å². The molecular weight excluding hydrogens is 473 g/mol. The molecule has 1 aliphatic rings. The van der Waals surface area contributed by atoms with Gasteiger partial charge in [-0.15, -0.1) is 11.3 Å². The number of piperidine rings is 1. The number of hydrogen-bond donors (Lipinski definition) is 0. The molecule has 186 valence electrons. The predicted molar refractivity (Wildman–Crippen MR) is 128 cm³/mol. The summed E-state index contributed by atoms with van der Waals surface area (Å²) in [6.45, 7) is 7.94. The van der Waals surface area contributed by atoms with Gasteiger partial charge in [-0.25, -0.2) is 19.0 Å². The van der Waals surface area contributed by atoms with Crippen molar-refractivity contribution in [3.05, 3.63) is 46.9 Å². The Morgan fingerprint density at radius 3 is 2.66 bits per heavy atom. The highest BCUT2D eigenvalue weighted by Crippen LogP contribution is 2.43. The maximum atomic E-state index is 13.6. The zero-order chi connectivity index (χ0) is 25.2. The zero-order valence-electron chi connectivity index (χ0n) is 20.2. The first-order valence-electron chi connectivity index (χ1n) is 11.6. The highest BCUT2D eigenvalue weighted by molar-refractivity contribution is 7.13. The largest absolute Gasteiger partial charge is 0.461 e. The average Bonchev–Trinajstić information content (AvgIpc) is 3.46. The van der Waals surface area contributed by atoms with E-state index >= 15 is 0 Å². The number of aromatic nitrogens is 2. The van der Waals surface area contributed by atoms with E-state index < -0.39 is 23.7 Å². The molecule has 1 saturated heterocycles. The summed E-state index contributed by atoms with van der Waals surface area (Å²) in [5.41, 5.74) is 1.18. The molecule has 8 nitrogen and oxygen atoms in total. The summed E-state index contributed by atoms with van der Waals surface area (Å²) in [6.07, 6.45) is 1.95. The standard InChI is InChI=1S/C25H28FN3O5S/c1-5-32-23(30)17-14-35-22(27-17)19-20(15-9-11-16(26)12-10-15)28-34-21(19)18-8-6-7-13-29(18)24(31)33-25(2,3)4/h9-12,14,18H,5-8,13H2,1-4H3. The summed E-state index contributed by atoms with van der Waals surface area (Å²) in [4.78, 5) is 31.5. The second-order valence-electron chi connectivity index (χ2n) is 9.22. The Bertz CT molecular complexity index is 1200. The van der Waals surface area contributed by atoms with E-state index in [4.69, 9.17) is 14.0 Å². The first kappa shape index (κ1) is 24.8. The van der Waals surface area contributed by atoms with E-state index in [1.165, 1.54) is 23.5 Å². The number of nitrogens with zero attached hydrogens (tertiary/aromatic N) is 3. The Hall–Kier alpha value is -3.27. The lowest BCUT2D eigenvalue weighted by molar-refractivity contribution is 0.00622. The number of ether oxygens (including phenoxy) is 2. The lowest BCUT2D eigenvalue weighted by atomic mass is 9.96. The highest BCUT2D eigenvalue weighted by Gasteiger charge is 2.37. The Labute approximate surface area is 207 Å². The van der Waals surface area contributed by atoms with Gasteiger partial charge in [0.15, 0.2) is 11.5 Å². The number of halogens is 1. The van der Waals surface area contributed by atoms with Gasteiger partial charge >= 0.3 is 12.1 Å². The molecule has 4 rings (SSSR count). The summed E-state index contributed by atoms with van der Waals surface area (Å²) in [5.74, 6) is -0.440. The molecule has 1 amide bonds. The van der Waals surface area contributed by atoms with Gasteiger partial charge in [-0.1, -0.05) is 5.16 Å². The monoisotopic (exact) mass is 501 g/mol. The molecule has 1 aliphatic heterocycles. The minimum Gasteiger partial charge on any atom is -0.461 e. The number of carbonyl (C=O) groups is 2. The molecule has 3 heterocycles. The van der Waals surface area contributed by atoms with Crippen LogP contribution < -0.4 is 0 Å². The van der Waals surface area contributed by atoms with Crippen molar-refractivity contribution in [1.82, 2.24) is 15.0 Å². The fourth-order valence-corrected chi connectivity index (χ4v) is 4.81. The Morgan fingerprint density at radius 1 is 1.23 bits per heavy atom. The van der Waals surface area contributed by atoms with E-state index in [-0.39, 0.29) is 18.1 Å². The van der Waals surface area contributed by atoms with Crippen molar-refractivity contribution in [2.45, 2.75) is 58.6 Å². The van der Waals surface area contributed by atoms with Crippen LogP contribution in [0.2, 0.25) is 0 Å². The number of thiazole rings is 1. The maximum Gasteiger partial charge on any atom is 0.410 e. The molecular formula is C25H28FN3O5S. The molecule has 10 heteroatoms. The fraction of sp³-hybridized carbons (Fsp3) is 0.440. The summed E-state index contributed by atoms with van der Waals surface area (Å²) in [6, 6.07) is 5.46. The van der Waals surface area contributed by atoms with Crippen molar-refractivity contribution in [3.8, 4) is 21.8 Å². The number of benzene rings is 1. The third-order valence-corrected chi connectivity index (χ3v) is 6.33. The Morgan fingerprint density at radius 2 is 1.97 bits per heavy atom. The van der Waals surface area contributed by atoms with Gasteiger partial charge < -0.3 is 14.0 Å². The molecule has 1 atom stereocenters. The molecule has 2 aromatic heterocycles. The van der Waals surface area contributed by atoms with Crippen LogP contribution in [-0.2, 0) is 9.47 Å². The van der Waals surface area contributed by atoms with Crippen molar-refractivity contribution >= 4 is 23.4 Å². The van der Waals surface area contributed by atoms with Crippen LogP contribution in [0.15, 0.2) is 34.2 Å². The van der Waals surface area contributed by atoms with Gasteiger partial charge in [0.2, 0.25) is 0 Å². The number of rotatable bonds is 5. The SMILES string of the molecule is CCOC(=O)c1csc(-c2c(-c3ccc(F)cc3)noc2C2CCCCN2C(=O)OC(C)(C)C)n1. The molecule has 0 bridgehead atoms. The van der Waals surface area contributed by atoms with Gasteiger partial charge in [0.25, 0.3) is 0 Å².